The summed E-state index contributed by atoms with van der Waals surface area (Å²) in [5.74, 6) is 0.482. The number of amides is 1. The Morgan fingerprint density at radius 2 is 2.29 bits per heavy atom. The highest BCUT2D eigenvalue weighted by Gasteiger charge is 2.27. The summed E-state index contributed by atoms with van der Waals surface area (Å²) >= 11 is 0. The predicted octanol–water partition coefficient (Wildman–Crippen LogP) is 0.440. The Morgan fingerprint density at radius 1 is 1.53 bits per heavy atom. The van der Waals surface area contributed by atoms with Crippen LogP contribution in [0.1, 0.15) is 16.8 Å². The lowest BCUT2D eigenvalue weighted by molar-refractivity contribution is 0.0782. The number of hydrogen-bond donors (Lipinski definition) is 1. The van der Waals surface area contributed by atoms with E-state index in [9.17, 15) is 4.79 Å². The Hall–Kier alpha value is -1.62. The fraction of sp³-hybridized carbons (Fsp3) is 0.500. The fourth-order valence-corrected chi connectivity index (χ4v) is 2.06. The minimum Gasteiger partial charge on any atom is -0.384 e. The van der Waals surface area contributed by atoms with Crippen molar-refractivity contribution in [3.05, 3.63) is 23.9 Å². The fourth-order valence-electron chi connectivity index (χ4n) is 2.06. The van der Waals surface area contributed by atoms with E-state index in [1.807, 2.05) is 19.0 Å². The quantitative estimate of drug-likeness (QED) is 0.806. The molecule has 0 aliphatic carbocycles. The summed E-state index contributed by atoms with van der Waals surface area (Å²) in [6.07, 6.45) is 2.57. The van der Waals surface area contributed by atoms with Crippen molar-refractivity contribution in [2.45, 2.75) is 12.5 Å². The first-order chi connectivity index (χ1) is 8.08. The van der Waals surface area contributed by atoms with Crippen molar-refractivity contribution in [1.82, 2.24) is 14.8 Å². The Morgan fingerprint density at radius 3 is 2.82 bits per heavy atom. The average Bonchev–Trinajstić information content (AvgIpc) is 2.78. The molecule has 1 unspecified atom stereocenters. The van der Waals surface area contributed by atoms with Gasteiger partial charge in [0.25, 0.3) is 5.91 Å². The lowest BCUT2D eigenvalue weighted by Crippen LogP contribution is -2.34. The molecule has 5 nitrogen and oxygen atoms in total. The summed E-state index contributed by atoms with van der Waals surface area (Å²) in [5, 5.41) is 0. The number of aromatic nitrogens is 1. The van der Waals surface area contributed by atoms with E-state index in [-0.39, 0.29) is 5.91 Å². The van der Waals surface area contributed by atoms with E-state index in [0.717, 1.165) is 19.5 Å². The monoisotopic (exact) mass is 234 g/mol. The molecule has 2 N–H and O–H groups in total. The number of likely N-dealkylation sites (N-methyl/N-ethyl adjacent to an activating group) is 1. The van der Waals surface area contributed by atoms with E-state index in [2.05, 4.69) is 9.88 Å². The van der Waals surface area contributed by atoms with E-state index in [1.165, 1.54) is 0 Å². The third-order valence-corrected chi connectivity index (χ3v) is 3.21. The molecule has 0 spiro atoms. The first-order valence-corrected chi connectivity index (χ1v) is 5.75. The first kappa shape index (κ1) is 11.9. The molecule has 2 rings (SSSR count). The average molecular weight is 234 g/mol. The number of likely N-dealkylation sites (tertiary alicyclic amines) is 1. The lowest BCUT2D eigenvalue weighted by Gasteiger charge is -2.20. The van der Waals surface area contributed by atoms with Crippen LogP contribution in [-0.2, 0) is 0 Å². The van der Waals surface area contributed by atoms with Gasteiger partial charge in [-0.1, -0.05) is 0 Å². The lowest BCUT2D eigenvalue weighted by atomic mass is 10.2. The zero-order valence-corrected chi connectivity index (χ0v) is 10.3. The Labute approximate surface area is 101 Å². The number of hydrogen-bond acceptors (Lipinski definition) is 4. The molecule has 1 aromatic rings. The number of nitrogens with two attached hydrogens (primary N) is 1. The Balaban J connectivity index is 2.04. The van der Waals surface area contributed by atoms with E-state index >= 15 is 0 Å². The van der Waals surface area contributed by atoms with Crippen LogP contribution in [0.5, 0.6) is 0 Å². The number of carbonyl (C=O) groups excluding carboxylic acids is 1. The molecule has 5 heteroatoms. The van der Waals surface area contributed by atoms with Gasteiger partial charge in [0.15, 0.2) is 0 Å². The molecule has 0 aromatic carbocycles. The highest BCUT2D eigenvalue weighted by molar-refractivity contribution is 5.94. The summed E-state index contributed by atoms with van der Waals surface area (Å²) < 4.78 is 0. The van der Waals surface area contributed by atoms with Crippen molar-refractivity contribution in [1.29, 1.82) is 0 Å². The third-order valence-electron chi connectivity index (χ3n) is 3.21. The zero-order valence-electron chi connectivity index (χ0n) is 10.3. The zero-order chi connectivity index (χ0) is 12.4. The maximum Gasteiger partial charge on any atom is 0.255 e. The van der Waals surface area contributed by atoms with Gasteiger partial charge in [0.2, 0.25) is 0 Å². The van der Waals surface area contributed by atoms with Gasteiger partial charge in [0, 0.05) is 25.3 Å². The normalized spacial score (nSPS) is 19.9. The predicted molar refractivity (Wildman–Crippen MR) is 66.6 cm³/mol. The summed E-state index contributed by atoms with van der Waals surface area (Å²) in [6.45, 7) is 1.60. The van der Waals surface area contributed by atoms with Crippen molar-refractivity contribution in [2.24, 2.45) is 0 Å². The molecule has 1 saturated heterocycles. The molecule has 1 fully saturated rings. The maximum absolute atomic E-state index is 12.2. The van der Waals surface area contributed by atoms with Gasteiger partial charge in [-0.3, -0.25) is 4.79 Å². The standard InChI is InChI=1S/C12H18N4O/c1-15(2)10-5-6-16(8-10)12(17)9-3-4-11(13)14-7-9/h3-4,7,10H,5-6,8H2,1-2H3,(H2,13,14). The van der Waals surface area contributed by atoms with Crippen LogP contribution in [0.3, 0.4) is 0 Å². The largest absolute Gasteiger partial charge is 0.384 e. The second-order valence-corrected chi connectivity index (χ2v) is 4.63. The summed E-state index contributed by atoms with van der Waals surface area (Å²) in [7, 11) is 4.09. The van der Waals surface area contributed by atoms with Gasteiger partial charge in [-0.15, -0.1) is 0 Å². The third kappa shape index (κ3) is 2.55. The van der Waals surface area contributed by atoms with Crippen LogP contribution >= 0.6 is 0 Å². The van der Waals surface area contributed by atoms with Crippen molar-refractivity contribution in [3.63, 3.8) is 0 Å². The molecule has 2 heterocycles. The number of rotatable bonds is 2. The molecule has 1 atom stereocenters. The van der Waals surface area contributed by atoms with Gasteiger partial charge in [0.05, 0.1) is 5.56 Å². The highest BCUT2D eigenvalue weighted by atomic mass is 16.2. The SMILES string of the molecule is CN(C)C1CCN(C(=O)c2ccc(N)nc2)C1. The number of pyridine rings is 1. The number of nitrogens with zero attached hydrogens (tertiary/aromatic N) is 3. The van der Waals surface area contributed by atoms with Crippen LogP contribution in [0.15, 0.2) is 18.3 Å². The molecule has 1 aliphatic rings. The van der Waals surface area contributed by atoms with Crippen LogP contribution in [0, 0.1) is 0 Å². The summed E-state index contributed by atoms with van der Waals surface area (Å²) in [5.41, 5.74) is 6.11. The van der Waals surface area contributed by atoms with Crippen LogP contribution < -0.4 is 5.73 Å². The number of anilines is 1. The second kappa shape index (κ2) is 4.71. The van der Waals surface area contributed by atoms with Gasteiger partial charge in [-0.25, -0.2) is 4.98 Å². The summed E-state index contributed by atoms with van der Waals surface area (Å²) in [6, 6.07) is 3.85. The number of carbonyl (C=O) groups is 1. The smallest absolute Gasteiger partial charge is 0.255 e. The second-order valence-electron chi connectivity index (χ2n) is 4.63. The molecule has 17 heavy (non-hydrogen) atoms. The summed E-state index contributed by atoms with van der Waals surface area (Å²) in [4.78, 5) is 20.1. The molecule has 1 aromatic heterocycles. The molecule has 0 bridgehead atoms. The molecular weight excluding hydrogens is 216 g/mol. The molecular formula is C12H18N4O. The van der Waals surface area contributed by atoms with Crippen molar-refractivity contribution < 1.29 is 4.79 Å². The van der Waals surface area contributed by atoms with Gasteiger partial charge in [-0.2, -0.15) is 0 Å². The Kier molecular flexibility index (Phi) is 3.28. The van der Waals surface area contributed by atoms with E-state index in [4.69, 9.17) is 5.73 Å². The Bertz CT molecular complexity index is 401. The van der Waals surface area contributed by atoms with E-state index in [1.54, 1.807) is 18.3 Å². The van der Waals surface area contributed by atoms with Crippen molar-refractivity contribution >= 4 is 11.7 Å². The minimum absolute atomic E-state index is 0.0434. The van der Waals surface area contributed by atoms with Gasteiger partial charge in [-0.05, 0) is 32.6 Å². The molecule has 0 radical (unpaired) electrons. The first-order valence-electron chi connectivity index (χ1n) is 5.75. The van der Waals surface area contributed by atoms with Crippen LogP contribution in [0.2, 0.25) is 0 Å². The van der Waals surface area contributed by atoms with E-state index < -0.39 is 0 Å². The molecule has 0 saturated carbocycles. The molecule has 1 amide bonds. The molecule has 92 valence electrons. The minimum atomic E-state index is 0.0434. The molecule has 1 aliphatic heterocycles. The van der Waals surface area contributed by atoms with Gasteiger partial charge < -0.3 is 15.5 Å². The highest BCUT2D eigenvalue weighted by Crippen LogP contribution is 2.16. The van der Waals surface area contributed by atoms with Crippen LogP contribution in [0.25, 0.3) is 0 Å². The maximum atomic E-state index is 12.2. The van der Waals surface area contributed by atoms with E-state index in [0.29, 0.717) is 17.4 Å². The van der Waals surface area contributed by atoms with Gasteiger partial charge >= 0.3 is 0 Å². The van der Waals surface area contributed by atoms with Crippen LogP contribution in [-0.4, -0.2) is 53.9 Å². The van der Waals surface area contributed by atoms with Crippen molar-refractivity contribution in [3.8, 4) is 0 Å². The van der Waals surface area contributed by atoms with Crippen LogP contribution in [0.4, 0.5) is 5.82 Å². The number of nitrogen functional groups attached to an aromatic ring is 1. The van der Waals surface area contributed by atoms with Gasteiger partial charge in [0.1, 0.15) is 5.82 Å². The van der Waals surface area contributed by atoms with Crippen molar-refractivity contribution in [2.75, 3.05) is 32.9 Å². The topological polar surface area (TPSA) is 62.5 Å².